The molecule has 1 saturated carbocycles. The number of pyridine rings is 1. The van der Waals surface area contributed by atoms with Crippen molar-refractivity contribution in [1.82, 2.24) is 14.8 Å². The molecule has 2 aromatic rings. The van der Waals surface area contributed by atoms with Crippen LogP contribution in [-0.2, 0) is 0 Å². The van der Waals surface area contributed by atoms with Gasteiger partial charge < -0.3 is 9.64 Å². The van der Waals surface area contributed by atoms with Crippen LogP contribution in [0.2, 0.25) is 0 Å². The minimum absolute atomic E-state index is 0.00426. The van der Waals surface area contributed by atoms with Crippen LogP contribution < -0.4 is 4.74 Å². The summed E-state index contributed by atoms with van der Waals surface area (Å²) < 4.78 is 19.1. The number of benzene rings is 1. The highest BCUT2D eigenvalue weighted by atomic mass is 19.1. The van der Waals surface area contributed by atoms with Gasteiger partial charge in [0.15, 0.2) is 11.6 Å². The number of carbonyl (C=O) groups is 1. The molecule has 0 unspecified atom stereocenters. The largest absolute Gasteiger partial charge is 0.436 e. The van der Waals surface area contributed by atoms with Gasteiger partial charge in [-0.1, -0.05) is 18.6 Å². The molecule has 0 radical (unpaired) electrons. The SMILES string of the molecule is O=C(c1ccc(Oc2ccccc2F)nc1)N1CCCN(C2CCC2)CC1. The van der Waals surface area contributed by atoms with Crippen molar-refractivity contribution < 1.29 is 13.9 Å². The Morgan fingerprint density at radius 2 is 1.89 bits per heavy atom. The summed E-state index contributed by atoms with van der Waals surface area (Å²) in [5, 5.41) is 0. The van der Waals surface area contributed by atoms with E-state index >= 15 is 0 Å². The van der Waals surface area contributed by atoms with E-state index in [0.717, 1.165) is 38.6 Å². The Bertz CT molecular complexity index is 792. The van der Waals surface area contributed by atoms with Gasteiger partial charge in [0.05, 0.1) is 5.56 Å². The van der Waals surface area contributed by atoms with Gasteiger partial charge in [-0.25, -0.2) is 9.37 Å². The number of halogens is 1. The summed E-state index contributed by atoms with van der Waals surface area (Å²) in [5.41, 5.74) is 0.535. The lowest BCUT2D eigenvalue weighted by Crippen LogP contribution is -2.42. The number of hydrogen-bond acceptors (Lipinski definition) is 4. The van der Waals surface area contributed by atoms with Gasteiger partial charge >= 0.3 is 0 Å². The molecule has 2 fully saturated rings. The highest BCUT2D eigenvalue weighted by Gasteiger charge is 2.28. The van der Waals surface area contributed by atoms with E-state index in [1.807, 2.05) is 4.90 Å². The van der Waals surface area contributed by atoms with Crippen molar-refractivity contribution >= 4 is 5.91 Å². The Morgan fingerprint density at radius 1 is 1.04 bits per heavy atom. The third-order valence-electron chi connectivity index (χ3n) is 5.44. The van der Waals surface area contributed by atoms with Crippen LogP contribution in [0.15, 0.2) is 42.6 Å². The first-order valence-electron chi connectivity index (χ1n) is 9.62. The number of para-hydroxylation sites is 1. The predicted molar refractivity (Wildman–Crippen MR) is 100 cm³/mol. The average molecular weight is 369 g/mol. The second-order valence-electron chi connectivity index (χ2n) is 7.18. The minimum Gasteiger partial charge on any atom is -0.436 e. The molecule has 1 aliphatic heterocycles. The van der Waals surface area contributed by atoms with E-state index in [-0.39, 0.29) is 17.5 Å². The molecule has 27 heavy (non-hydrogen) atoms. The maximum Gasteiger partial charge on any atom is 0.255 e. The van der Waals surface area contributed by atoms with Crippen molar-refractivity contribution in [2.45, 2.75) is 31.7 Å². The number of rotatable bonds is 4. The molecule has 2 aliphatic rings. The highest BCUT2D eigenvalue weighted by Crippen LogP contribution is 2.26. The normalized spacial score (nSPS) is 18.6. The van der Waals surface area contributed by atoms with Gasteiger partial charge in [-0.05, 0) is 37.5 Å². The Balaban J connectivity index is 1.38. The van der Waals surface area contributed by atoms with Gasteiger partial charge in [0.1, 0.15) is 0 Å². The molecule has 1 aliphatic carbocycles. The van der Waals surface area contributed by atoms with E-state index < -0.39 is 5.82 Å². The third kappa shape index (κ3) is 4.11. The minimum atomic E-state index is -0.444. The Kier molecular flexibility index (Phi) is 5.34. The number of amides is 1. The first-order valence-corrected chi connectivity index (χ1v) is 9.62. The van der Waals surface area contributed by atoms with Crippen molar-refractivity contribution in [3.8, 4) is 11.6 Å². The van der Waals surface area contributed by atoms with E-state index in [1.165, 1.54) is 31.5 Å². The maximum absolute atomic E-state index is 13.7. The van der Waals surface area contributed by atoms with E-state index in [1.54, 1.807) is 30.3 Å². The molecule has 6 heteroatoms. The zero-order chi connectivity index (χ0) is 18.6. The Hall–Kier alpha value is -2.47. The lowest BCUT2D eigenvalue weighted by atomic mass is 9.91. The summed E-state index contributed by atoms with van der Waals surface area (Å²) in [6.07, 6.45) is 6.43. The summed E-state index contributed by atoms with van der Waals surface area (Å²) in [4.78, 5) is 21.4. The smallest absolute Gasteiger partial charge is 0.255 e. The summed E-state index contributed by atoms with van der Waals surface area (Å²) in [6, 6.07) is 10.2. The van der Waals surface area contributed by atoms with Crippen LogP contribution >= 0.6 is 0 Å². The molecule has 0 spiro atoms. The van der Waals surface area contributed by atoms with Crippen LogP contribution in [0.1, 0.15) is 36.0 Å². The third-order valence-corrected chi connectivity index (χ3v) is 5.44. The van der Waals surface area contributed by atoms with Crippen molar-refractivity contribution in [1.29, 1.82) is 0 Å². The molecule has 0 atom stereocenters. The fourth-order valence-electron chi connectivity index (χ4n) is 3.65. The molecule has 1 saturated heterocycles. The quantitative estimate of drug-likeness (QED) is 0.824. The summed E-state index contributed by atoms with van der Waals surface area (Å²) >= 11 is 0. The Morgan fingerprint density at radius 3 is 2.59 bits per heavy atom. The first kappa shape index (κ1) is 17.9. The highest BCUT2D eigenvalue weighted by molar-refractivity contribution is 5.94. The zero-order valence-electron chi connectivity index (χ0n) is 15.3. The molecule has 4 rings (SSSR count). The second kappa shape index (κ2) is 8.05. The van der Waals surface area contributed by atoms with Crippen molar-refractivity contribution in [3.63, 3.8) is 0 Å². The molecule has 1 amide bonds. The summed E-state index contributed by atoms with van der Waals surface area (Å²) in [7, 11) is 0. The van der Waals surface area contributed by atoms with Crippen molar-refractivity contribution in [3.05, 3.63) is 54.0 Å². The van der Waals surface area contributed by atoms with E-state index in [4.69, 9.17) is 4.74 Å². The lowest BCUT2D eigenvalue weighted by Gasteiger charge is -2.36. The monoisotopic (exact) mass is 369 g/mol. The van der Waals surface area contributed by atoms with Crippen LogP contribution in [0, 0.1) is 5.82 Å². The van der Waals surface area contributed by atoms with Gasteiger partial charge in [-0.15, -0.1) is 0 Å². The summed E-state index contributed by atoms with van der Waals surface area (Å²) in [5.74, 6) is -0.0632. The van der Waals surface area contributed by atoms with Gasteiger partial charge in [0.2, 0.25) is 5.88 Å². The van der Waals surface area contributed by atoms with Crippen LogP contribution in [0.3, 0.4) is 0 Å². The topological polar surface area (TPSA) is 45.7 Å². The van der Waals surface area contributed by atoms with Crippen LogP contribution in [0.4, 0.5) is 4.39 Å². The zero-order valence-corrected chi connectivity index (χ0v) is 15.3. The van der Waals surface area contributed by atoms with Crippen LogP contribution in [0.25, 0.3) is 0 Å². The predicted octanol–water partition coefficient (Wildman–Crippen LogP) is 3.71. The van der Waals surface area contributed by atoms with Crippen molar-refractivity contribution in [2.24, 2.45) is 0 Å². The van der Waals surface area contributed by atoms with Crippen LogP contribution in [-0.4, -0.2) is 52.9 Å². The number of carbonyl (C=O) groups excluding carboxylic acids is 1. The lowest BCUT2D eigenvalue weighted by molar-refractivity contribution is 0.0749. The summed E-state index contributed by atoms with van der Waals surface area (Å²) in [6.45, 7) is 3.54. The fraction of sp³-hybridized carbons (Fsp3) is 0.429. The molecular weight excluding hydrogens is 345 g/mol. The molecule has 0 bridgehead atoms. The number of aromatic nitrogens is 1. The molecule has 1 aromatic heterocycles. The number of hydrogen-bond donors (Lipinski definition) is 0. The molecule has 0 N–H and O–H groups in total. The average Bonchev–Trinajstić information content (AvgIpc) is 2.88. The Labute approximate surface area is 158 Å². The van der Waals surface area contributed by atoms with E-state index in [0.29, 0.717) is 5.56 Å². The molecule has 142 valence electrons. The van der Waals surface area contributed by atoms with Gasteiger partial charge in [-0.2, -0.15) is 0 Å². The standard InChI is InChI=1S/C21H24FN3O2/c22-18-7-1-2-8-19(18)27-20-10-9-16(15-23-20)21(26)25-12-4-11-24(13-14-25)17-5-3-6-17/h1-2,7-10,15,17H,3-6,11-14H2. The second-order valence-corrected chi connectivity index (χ2v) is 7.18. The molecule has 2 heterocycles. The molecule has 5 nitrogen and oxygen atoms in total. The first-order chi connectivity index (χ1) is 13.2. The van der Waals surface area contributed by atoms with Gasteiger partial charge in [-0.3, -0.25) is 9.69 Å². The molecular formula is C21H24FN3O2. The van der Waals surface area contributed by atoms with E-state index in [9.17, 15) is 9.18 Å². The maximum atomic E-state index is 13.7. The number of nitrogens with zero attached hydrogens (tertiary/aromatic N) is 3. The van der Waals surface area contributed by atoms with E-state index in [2.05, 4.69) is 9.88 Å². The van der Waals surface area contributed by atoms with Gasteiger partial charge in [0, 0.05) is 44.5 Å². The fourth-order valence-corrected chi connectivity index (χ4v) is 3.65. The van der Waals surface area contributed by atoms with Crippen molar-refractivity contribution in [2.75, 3.05) is 26.2 Å². The number of ether oxygens (including phenoxy) is 1. The molecule has 1 aromatic carbocycles. The van der Waals surface area contributed by atoms with Crippen LogP contribution in [0.5, 0.6) is 11.6 Å². The van der Waals surface area contributed by atoms with Gasteiger partial charge in [0.25, 0.3) is 5.91 Å².